The molecule has 0 N–H and O–H groups in total. The number of carbonyl (C=O) groups excluding carboxylic acids is 2. The van der Waals surface area contributed by atoms with Crippen LogP contribution in [-0.4, -0.2) is 25.7 Å². The molecule has 1 rings (SSSR count). The summed E-state index contributed by atoms with van der Waals surface area (Å²) in [5, 5.41) is 0. The molecule has 0 aliphatic rings. The van der Waals surface area contributed by atoms with E-state index in [2.05, 4.69) is 4.74 Å². The highest BCUT2D eigenvalue weighted by Gasteiger charge is 2.03. The average Bonchev–Trinajstić information content (AvgIpc) is 2.43. The minimum absolute atomic E-state index is 0.152. The van der Waals surface area contributed by atoms with Gasteiger partial charge in [-0.15, -0.1) is 0 Å². The summed E-state index contributed by atoms with van der Waals surface area (Å²) >= 11 is 0. The van der Waals surface area contributed by atoms with Gasteiger partial charge in [-0.25, -0.2) is 9.59 Å². The molecular weight excluding hydrogens is 232 g/mol. The second-order valence-electron chi connectivity index (χ2n) is 3.27. The fourth-order valence-corrected chi connectivity index (χ4v) is 1.12. The van der Waals surface area contributed by atoms with Crippen molar-refractivity contribution in [1.29, 1.82) is 0 Å². The topological polar surface area (TPSA) is 52.6 Å². The summed E-state index contributed by atoms with van der Waals surface area (Å²) in [7, 11) is 1.30. The molecule has 4 nitrogen and oxygen atoms in total. The Labute approximate surface area is 106 Å². The van der Waals surface area contributed by atoms with Crippen LogP contribution in [0.2, 0.25) is 0 Å². The van der Waals surface area contributed by atoms with Crippen molar-refractivity contribution in [2.24, 2.45) is 0 Å². The number of ether oxygens (including phenoxy) is 2. The molecular formula is C14H14O4. The highest BCUT2D eigenvalue weighted by Crippen LogP contribution is 2.00. The molecule has 0 saturated carbocycles. The molecule has 1 aromatic carbocycles. The van der Waals surface area contributed by atoms with Gasteiger partial charge >= 0.3 is 11.9 Å². The van der Waals surface area contributed by atoms with Crippen molar-refractivity contribution in [3.05, 3.63) is 60.2 Å². The number of esters is 2. The number of carbonyl (C=O) groups is 2. The Hall–Kier alpha value is -2.36. The molecule has 0 aliphatic heterocycles. The van der Waals surface area contributed by atoms with E-state index in [0.29, 0.717) is 5.56 Å². The number of benzene rings is 1. The van der Waals surface area contributed by atoms with Gasteiger partial charge in [0.15, 0.2) is 0 Å². The summed E-state index contributed by atoms with van der Waals surface area (Å²) in [5.41, 5.74) is 0.510. The van der Waals surface area contributed by atoms with Crippen molar-refractivity contribution >= 4 is 11.9 Å². The maximum Gasteiger partial charge on any atom is 0.338 e. The molecule has 4 heteroatoms. The average molecular weight is 246 g/mol. The van der Waals surface area contributed by atoms with Crippen LogP contribution in [0.25, 0.3) is 0 Å². The van der Waals surface area contributed by atoms with E-state index in [0.717, 1.165) is 0 Å². The smallest absolute Gasteiger partial charge is 0.338 e. The van der Waals surface area contributed by atoms with Crippen molar-refractivity contribution in [2.75, 3.05) is 13.7 Å². The van der Waals surface area contributed by atoms with Crippen LogP contribution in [0.1, 0.15) is 10.4 Å². The summed E-state index contributed by atoms with van der Waals surface area (Å²) in [6.45, 7) is 0.152. The first-order valence-corrected chi connectivity index (χ1v) is 5.37. The molecule has 0 fully saturated rings. The molecule has 1 aromatic rings. The molecule has 0 atom stereocenters. The Balaban J connectivity index is 2.30. The van der Waals surface area contributed by atoms with Crippen LogP contribution in [0.4, 0.5) is 0 Å². The van der Waals surface area contributed by atoms with Crippen molar-refractivity contribution in [2.45, 2.75) is 0 Å². The quantitative estimate of drug-likeness (QED) is 0.453. The maximum atomic E-state index is 11.5. The van der Waals surface area contributed by atoms with Gasteiger partial charge in [0.2, 0.25) is 0 Å². The van der Waals surface area contributed by atoms with E-state index in [1.54, 1.807) is 36.4 Å². The summed E-state index contributed by atoms with van der Waals surface area (Å²) < 4.78 is 9.39. The Morgan fingerprint density at radius 2 is 1.89 bits per heavy atom. The van der Waals surface area contributed by atoms with Crippen LogP contribution in [0, 0.1) is 0 Å². The van der Waals surface area contributed by atoms with Crippen LogP contribution >= 0.6 is 0 Å². The van der Waals surface area contributed by atoms with E-state index < -0.39 is 5.97 Å². The number of hydrogen-bond acceptors (Lipinski definition) is 4. The monoisotopic (exact) mass is 246 g/mol. The lowest BCUT2D eigenvalue weighted by atomic mass is 10.2. The van der Waals surface area contributed by atoms with Crippen molar-refractivity contribution in [1.82, 2.24) is 0 Å². The Morgan fingerprint density at radius 1 is 1.17 bits per heavy atom. The normalized spacial score (nSPS) is 10.7. The van der Waals surface area contributed by atoms with Crippen LogP contribution < -0.4 is 0 Å². The second kappa shape index (κ2) is 7.84. The third-order valence-corrected chi connectivity index (χ3v) is 2.00. The Bertz CT molecular complexity index is 446. The number of methoxy groups -OCH3 is 1. The Morgan fingerprint density at radius 3 is 2.56 bits per heavy atom. The molecule has 0 spiro atoms. The third kappa shape index (κ3) is 5.12. The van der Waals surface area contributed by atoms with Gasteiger partial charge in [-0.2, -0.15) is 0 Å². The minimum atomic E-state index is -0.430. The zero-order valence-electron chi connectivity index (χ0n) is 10.0. The molecule has 0 radical (unpaired) electrons. The minimum Gasteiger partial charge on any atom is -0.466 e. The lowest BCUT2D eigenvalue weighted by Crippen LogP contribution is -2.04. The van der Waals surface area contributed by atoms with Gasteiger partial charge in [-0.3, -0.25) is 0 Å². The van der Waals surface area contributed by atoms with Gasteiger partial charge in [0, 0.05) is 6.08 Å². The summed E-state index contributed by atoms with van der Waals surface area (Å²) in [6, 6.07) is 8.73. The fraction of sp³-hybridized carbons (Fsp3) is 0.143. The maximum absolute atomic E-state index is 11.5. The zero-order chi connectivity index (χ0) is 13.2. The first-order valence-electron chi connectivity index (χ1n) is 5.37. The molecule has 0 saturated heterocycles. The second-order valence-corrected chi connectivity index (χ2v) is 3.27. The predicted molar refractivity (Wildman–Crippen MR) is 67.0 cm³/mol. The fourth-order valence-electron chi connectivity index (χ4n) is 1.12. The van der Waals surface area contributed by atoms with Crippen LogP contribution in [0.3, 0.4) is 0 Å². The van der Waals surface area contributed by atoms with Crippen molar-refractivity contribution in [3.8, 4) is 0 Å². The summed E-state index contributed by atoms with van der Waals surface area (Å²) in [5.74, 6) is -0.807. The molecule has 0 amide bonds. The summed E-state index contributed by atoms with van der Waals surface area (Å²) in [4.78, 5) is 22.2. The van der Waals surface area contributed by atoms with E-state index >= 15 is 0 Å². The first-order chi connectivity index (χ1) is 8.74. The van der Waals surface area contributed by atoms with E-state index in [9.17, 15) is 9.59 Å². The van der Waals surface area contributed by atoms with E-state index in [1.165, 1.54) is 19.3 Å². The molecule has 0 bridgehead atoms. The Kier molecular flexibility index (Phi) is 5.97. The van der Waals surface area contributed by atoms with Gasteiger partial charge in [0.1, 0.15) is 6.61 Å². The van der Waals surface area contributed by atoms with Gasteiger partial charge in [0.25, 0.3) is 0 Å². The van der Waals surface area contributed by atoms with Crippen molar-refractivity contribution in [3.63, 3.8) is 0 Å². The molecule has 0 unspecified atom stereocenters. The van der Waals surface area contributed by atoms with E-state index in [-0.39, 0.29) is 12.6 Å². The van der Waals surface area contributed by atoms with Gasteiger partial charge in [-0.1, -0.05) is 30.4 Å². The standard InChI is InChI=1S/C14H14O4/c1-17-13(15)10-6-3-7-11-18-14(16)12-8-4-2-5-9-12/h2-10H,11H2,1H3/b7-3+,10-6+. The molecule has 0 aliphatic carbocycles. The first kappa shape index (κ1) is 13.7. The summed E-state index contributed by atoms with van der Waals surface area (Å²) in [6.07, 6.45) is 6.02. The van der Waals surface area contributed by atoms with Gasteiger partial charge in [0.05, 0.1) is 12.7 Å². The SMILES string of the molecule is COC(=O)/C=C/C=C/COC(=O)c1ccccc1. The third-order valence-electron chi connectivity index (χ3n) is 2.00. The van der Waals surface area contributed by atoms with E-state index in [1.807, 2.05) is 6.07 Å². The van der Waals surface area contributed by atoms with E-state index in [4.69, 9.17) is 4.74 Å². The zero-order valence-corrected chi connectivity index (χ0v) is 10.0. The number of allylic oxidation sites excluding steroid dienone is 2. The highest BCUT2D eigenvalue weighted by atomic mass is 16.5. The molecule has 94 valence electrons. The lowest BCUT2D eigenvalue weighted by molar-refractivity contribution is -0.134. The largest absolute Gasteiger partial charge is 0.466 e. The van der Waals surface area contributed by atoms with Crippen LogP contribution in [0.15, 0.2) is 54.6 Å². The molecule has 0 heterocycles. The lowest BCUT2D eigenvalue weighted by Gasteiger charge is -2.00. The molecule has 18 heavy (non-hydrogen) atoms. The van der Waals surface area contributed by atoms with Crippen LogP contribution in [-0.2, 0) is 14.3 Å². The van der Waals surface area contributed by atoms with Gasteiger partial charge < -0.3 is 9.47 Å². The van der Waals surface area contributed by atoms with Crippen molar-refractivity contribution < 1.29 is 19.1 Å². The van der Waals surface area contributed by atoms with Crippen LogP contribution in [0.5, 0.6) is 0 Å². The number of hydrogen-bond donors (Lipinski definition) is 0. The number of rotatable bonds is 5. The highest BCUT2D eigenvalue weighted by molar-refractivity contribution is 5.89. The molecule has 0 aromatic heterocycles. The predicted octanol–water partition coefficient (Wildman–Crippen LogP) is 2.13. The van der Waals surface area contributed by atoms with Gasteiger partial charge in [-0.05, 0) is 18.2 Å².